The summed E-state index contributed by atoms with van der Waals surface area (Å²) in [5, 5.41) is 12.6. The molecule has 1 amide bonds. The van der Waals surface area contributed by atoms with Gasteiger partial charge in [-0.25, -0.2) is 4.79 Å². The van der Waals surface area contributed by atoms with Crippen LogP contribution < -0.4 is 5.32 Å². The average Bonchev–Trinajstić information content (AvgIpc) is 2.11. The number of aliphatic hydroxyl groups excluding tert-OH is 1. The second-order valence-electron chi connectivity index (χ2n) is 6.18. The summed E-state index contributed by atoms with van der Waals surface area (Å²) < 4.78 is 5.13. The van der Waals surface area contributed by atoms with Crippen molar-refractivity contribution >= 4 is 6.09 Å². The minimum absolute atomic E-state index is 0.348. The third-order valence-electron chi connectivity index (χ3n) is 2.28. The fourth-order valence-electron chi connectivity index (χ4n) is 1.40. The molecular formula is C12H26N2O3. The van der Waals surface area contributed by atoms with Crippen molar-refractivity contribution in [2.45, 2.75) is 46.4 Å². The number of aliphatic hydroxyl groups is 1. The maximum absolute atomic E-state index is 11.5. The van der Waals surface area contributed by atoms with Gasteiger partial charge in [0.15, 0.2) is 0 Å². The Balaban J connectivity index is 4.23. The van der Waals surface area contributed by atoms with Gasteiger partial charge in [-0.3, -0.25) is 4.90 Å². The van der Waals surface area contributed by atoms with E-state index in [1.807, 2.05) is 34.6 Å². The zero-order valence-corrected chi connectivity index (χ0v) is 12.0. The summed E-state index contributed by atoms with van der Waals surface area (Å²) in [4.78, 5) is 13.2. The van der Waals surface area contributed by atoms with Crippen LogP contribution in [0.15, 0.2) is 0 Å². The number of nitrogens with zero attached hydrogens (tertiary/aromatic N) is 1. The Morgan fingerprint density at radius 3 is 2.12 bits per heavy atom. The van der Waals surface area contributed by atoms with E-state index in [0.717, 1.165) is 0 Å². The third kappa shape index (κ3) is 6.48. The van der Waals surface area contributed by atoms with Gasteiger partial charge in [0.25, 0.3) is 0 Å². The molecule has 17 heavy (non-hydrogen) atoms. The van der Waals surface area contributed by atoms with Crippen molar-refractivity contribution in [1.82, 2.24) is 10.2 Å². The van der Waals surface area contributed by atoms with Crippen LogP contribution in [0.3, 0.4) is 0 Å². The Labute approximate surface area is 104 Å². The molecule has 0 spiro atoms. The molecule has 1 unspecified atom stereocenters. The van der Waals surface area contributed by atoms with Gasteiger partial charge in [0, 0.05) is 12.0 Å². The summed E-state index contributed by atoms with van der Waals surface area (Å²) >= 11 is 0. The van der Waals surface area contributed by atoms with Crippen molar-refractivity contribution in [3.63, 3.8) is 0 Å². The number of carbonyl (C=O) groups is 1. The third-order valence-corrected chi connectivity index (χ3v) is 2.28. The predicted molar refractivity (Wildman–Crippen MR) is 67.7 cm³/mol. The van der Waals surface area contributed by atoms with Crippen molar-refractivity contribution in [3.8, 4) is 0 Å². The van der Waals surface area contributed by atoms with Crippen LogP contribution in [-0.2, 0) is 4.74 Å². The number of nitrogens with one attached hydrogen (secondary N) is 1. The summed E-state index contributed by atoms with van der Waals surface area (Å²) in [5.41, 5.74) is -0.950. The Bertz CT molecular complexity index is 257. The van der Waals surface area contributed by atoms with E-state index in [0.29, 0.717) is 6.54 Å². The van der Waals surface area contributed by atoms with E-state index in [-0.39, 0.29) is 0 Å². The molecule has 0 bridgehead atoms. The van der Waals surface area contributed by atoms with Crippen molar-refractivity contribution in [3.05, 3.63) is 0 Å². The summed E-state index contributed by atoms with van der Waals surface area (Å²) in [7, 11) is 3.58. The van der Waals surface area contributed by atoms with Gasteiger partial charge in [0.2, 0.25) is 0 Å². The lowest BCUT2D eigenvalue weighted by Gasteiger charge is -2.35. The molecule has 0 heterocycles. The van der Waals surface area contributed by atoms with Gasteiger partial charge < -0.3 is 15.2 Å². The monoisotopic (exact) mass is 246 g/mol. The second-order valence-corrected chi connectivity index (χ2v) is 6.18. The zero-order chi connectivity index (χ0) is 13.9. The van der Waals surface area contributed by atoms with Crippen LogP contribution in [-0.4, -0.2) is 48.6 Å². The minimum atomic E-state index is -0.627. The molecule has 5 heteroatoms. The Morgan fingerprint density at radius 2 is 1.76 bits per heavy atom. The number of hydrogen-bond acceptors (Lipinski definition) is 4. The molecule has 0 aliphatic rings. The molecule has 2 N–H and O–H groups in total. The van der Waals surface area contributed by atoms with Gasteiger partial charge in [-0.1, -0.05) is 13.8 Å². The van der Waals surface area contributed by atoms with E-state index in [1.54, 1.807) is 19.0 Å². The van der Waals surface area contributed by atoms with E-state index < -0.39 is 23.3 Å². The lowest BCUT2D eigenvalue weighted by Crippen LogP contribution is -2.48. The Hall–Kier alpha value is -0.810. The maximum atomic E-state index is 11.5. The molecule has 0 fully saturated rings. The lowest BCUT2D eigenvalue weighted by molar-refractivity contribution is -0.0523. The molecule has 0 aliphatic heterocycles. The summed E-state index contributed by atoms with van der Waals surface area (Å²) in [6.07, 6.45) is -1.09. The molecule has 0 saturated carbocycles. The minimum Gasteiger partial charge on any atom is -0.444 e. The number of amides is 1. The van der Waals surface area contributed by atoms with E-state index in [9.17, 15) is 9.90 Å². The molecule has 0 radical (unpaired) electrons. The Kier molecular flexibility index (Phi) is 5.42. The number of rotatable bonds is 4. The van der Waals surface area contributed by atoms with Gasteiger partial charge in [-0.15, -0.1) is 0 Å². The van der Waals surface area contributed by atoms with E-state index in [1.165, 1.54) is 0 Å². The molecule has 1 atom stereocenters. The molecule has 102 valence electrons. The summed E-state index contributed by atoms with van der Waals surface area (Å²) in [6, 6.07) is 0. The quantitative estimate of drug-likeness (QED) is 0.736. The second kappa shape index (κ2) is 5.69. The molecule has 0 aromatic carbocycles. The first-order valence-electron chi connectivity index (χ1n) is 5.77. The molecule has 0 aliphatic carbocycles. The molecule has 5 nitrogen and oxygen atoms in total. The fourth-order valence-corrected chi connectivity index (χ4v) is 1.40. The lowest BCUT2D eigenvalue weighted by atomic mass is 9.90. The first-order valence-corrected chi connectivity index (χ1v) is 5.77. The first kappa shape index (κ1) is 16.2. The van der Waals surface area contributed by atoms with E-state index in [4.69, 9.17) is 4.74 Å². The van der Waals surface area contributed by atoms with Crippen LogP contribution in [0, 0.1) is 5.41 Å². The van der Waals surface area contributed by atoms with Gasteiger partial charge >= 0.3 is 6.09 Å². The summed E-state index contributed by atoms with van der Waals surface area (Å²) in [5.74, 6) is 0. The van der Waals surface area contributed by atoms with E-state index >= 15 is 0 Å². The van der Waals surface area contributed by atoms with Crippen molar-refractivity contribution < 1.29 is 14.6 Å². The van der Waals surface area contributed by atoms with Gasteiger partial charge in [0.05, 0.1) is 0 Å². The van der Waals surface area contributed by atoms with Gasteiger partial charge in [0.1, 0.15) is 11.8 Å². The number of carbonyl (C=O) groups excluding carboxylic acids is 1. The number of ether oxygens (including phenoxy) is 1. The molecular weight excluding hydrogens is 220 g/mol. The topological polar surface area (TPSA) is 61.8 Å². The van der Waals surface area contributed by atoms with Crippen LogP contribution in [0.25, 0.3) is 0 Å². The van der Waals surface area contributed by atoms with Crippen LogP contribution >= 0.6 is 0 Å². The van der Waals surface area contributed by atoms with Crippen LogP contribution in [0.4, 0.5) is 4.79 Å². The Morgan fingerprint density at radius 1 is 1.29 bits per heavy atom. The fraction of sp³-hybridized carbons (Fsp3) is 0.917. The van der Waals surface area contributed by atoms with Gasteiger partial charge in [-0.05, 0) is 34.9 Å². The van der Waals surface area contributed by atoms with Gasteiger partial charge in [-0.2, -0.15) is 0 Å². The van der Waals surface area contributed by atoms with Crippen molar-refractivity contribution in [1.29, 1.82) is 0 Å². The molecule has 0 aromatic rings. The van der Waals surface area contributed by atoms with Crippen LogP contribution in [0.1, 0.15) is 34.6 Å². The maximum Gasteiger partial charge on any atom is 0.407 e. The highest BCUT2D eigenvalue weighted by molar-refractivity contribution is 5.67. The van der Waals surface area contributed by atoms with E-state index in [2.05, 4.69) is 5.32 Å². The SMILES string of the molecule is CN(C)C(O)C(C)(C)CNC(=O)OC(C)(C)C. The van der Waals surface area contributed by atoms with Crippen molar-refractivity contribution in [2.75, 3.05) is 20.6 Å². The zero-order valence-electron chi connectivity index (χ0n) is 12.0. The molecule has 0 rings (SSSR count). The highest BCUT2D eigenvalue weighted by Gasteiger charge is 2.30. The predicted octanol–water partition coefficient (Wildman–Crippen LogP) is 1.42. The molecule has 0 aromatic heterocycles. The smallest absolute Gasteiger partial charge is 0.407 e. The summed E-state index contributed by atoms with van der Waals surface area (Å²) in [6.45, 7) is 9.55. The standard InChI is InChI=1S/C12H26N2O3/c1-11(2,3)17-10(16)13-8-12(4,5)9(15)14(6)7/h9,15H,8H2,1-7H3,(H,13,16). The average molecular weight is 246 g/mol. The van der Waals surface area contributed by atoms with Crippen molar-refractivity contribution in [2.24, 2.45) is 5.41 Å². The van der Waals surface area contributed by atoms with Crippen LogP contribution in [0.5, 0.6) is 0 Å². The molecule has 0 saturated heterocycles. The number of hydrogen-bond donors (Lipinski definition) is 2. The van der Waals surface area contributed by atoms with Crippen LogP contribution in [0.2, 0.25) is 0 Å². The highest BCUT2D eigenvalue weighted by atomic mass is 16.6. The number of alkyl carbamates (subject to hydrolysis) is 1. The highest BCUT2D eigenvalue weighted by Crippen LogP contribution is 2.21. The largest absolute Gasteiger partial charge is 0.444 e. The first-order chi connectivity index (χ1) is 7.46. The normalized spacial score (nSPS) is 14.6.